The van der Waals surface area contributed by atoms with Crippen molar-refractivity contribution >= 4 is 11.7 Å². The second kappa shape index (κ2) is 7.28. The summed E-state index contributed by atoms with van der Waals surface area (Å²) < 4.78 is 5.47. The summed E-state index contributed by atoms with van der Waals surface area (Å²) in [4.78, 5) is 15.0. The summed E-state index contributed by atoms with van der Waals surface area (Å²) in [6.45, 7) is 2.39. The summed E-state index contributed by atoms with van der Waals surface area (Å²) in [5.41, 5.74) is 3.03. The summed E-state index contributed by atoms with van der Waals surface area (Å²) in [6.07, 6.45) is 3.28. The molecule has 130 valence electrons. The van der Waals surface area contributed by atoms with Crippen molar-refractivity contribution in [1.82, 2.24) is 4.90 Å². The lowest BCUT2D eigenvalue weighted by Crippen LogP contribution is -2.40. The molecular weight excluding hydrogens is 312 g/mol. The minimum Gasteiger partial charge on any atom is -0.381 e. The number of hydrogen-bond donors (Lipinski definition) is 1. The maximum atomic E-state index is 12.9. The van der Waals surface area contributed by atoms with Gasteiger partial charge in [0.2, 0.25) is 0 Å². The Balaban J connectivity index is 1.51. The number of amides is 2. The third-order valence-electron chi connectivity index (χ3n) is 4.98. The zero-order valence-corrected chi connectivity index (χ0v) is 14.4. The molecule has 4 heteroatoms. The van der Waals surface area contributed by atoms with Crippen LogP contribution in [0.3, 0.4) is 0 Å². The van der Waals surface area contributed by atoms with Crippen molar-refractivity contribution in [1.29, 1.82) is 0 Å². The fraction of sp³-hybridized carbons (Fsp3) is 0.381. The second-order valence-corrected chi connectivity index (χ2v) is 6.95. The maximum Gasteiger partial charge on any atom is 0.322 e. The molecule has 2 amide bonds. The first-order valence-corrected chi connectivity index (χ1v) is 9.11. The number of urea groups is 1. The van der Waals surface area contributed by atoms with Crippen LogP contribution in [-0.4, -0.2) is 36.7 Å². The lowest BCUT2D eigenvalue weighted by atomic mass is 10.0. The van der Waals surface area contributed by atoms with E-state index >= 15 is 0 Å². The van der Waals surface area contributed by atoms with Crippen molar-refractivity contribution in [2.75, 3.05) is 25.1 Å². The molecule has 25 heavy (non-hydrogen) atoms. The highest BCUT2D eigenvalue weighted by Crippen LogP contribution is 2.31. The van der Waals surface area contributed by atoms with Crippen molar-refractivity contribution in [2.24, 2.45) is 5.92 Å². The molecule has 1 aliphatic carbocycles. The van der Waals surface area contributed by atoms with Crippen molar-refractivity contribution in [2.45, 2.75) is 25.3 Å². The monoisotopic (exact) mass is 336 g/mol. The third-order valence-corrected chi connectivity index (χ3v) is 4.98. The first-order chi connectivity index (χ1) is 12.3. The van der Waals surface area contributed by atoms with Gasteiger partial charge in [-0.3, -0.25) is 0 Å². The van der Waals surface area contributed by atoms with Crippen LogP contribution in [0, 0.1) is 5.92 Å². The summed E-state index contributed by atoms with van der Waals surface area (Å²) in [5.74, 6) is 0.468. The van der Waals surface area contributed by atoms with Crippen molar-refractivity contribution in [3.8, 4) is 11.1 Å². The molecule has 1 aliphatic heterocycles. The molecule has 1 N–H and O–H groups in total. The van der Waals surface area contributed by atoms with Gasteiger partial charge < -0.3 is 15.0 Å². The molecule has 0 unspecified atom stereocenters. The SMILES string of the molecule is O=C(Nc1ccccc1-c1ccccc1)N(C[C@H]1CCOC1)C1CC1. The molecule has 2 aliphatic rings. The molecule has 0 aromatic heterocycles. The number of ether oxygens (including phenoxy) is 1. The van der Waals surface area contributed by atoms with E-state index in [1.807, 2.05) is 41.3 Å². The molecule has 1 heterocycles. The van der Waals surface area contributed by atoms with Gasteiger partial charge in [-0.15, -0.1) is 0 Å². The first-order valence-electron chi connectivity index (χ1n) is 9.11. The largest absolute Gasteiger partial charge is 0.381 e. The van der Waals surface area contributed by atoms with Crippen molar-refractivity contribution in [3.63, 3.8) is 0 Å². The van der Waals surface area contributed by atoms with Crippen LogP contribution in [0.5, 0.6) is 0 Å². The Kier molecular flexibility index (Phi) is 4.70. The molecule has 1 saturated carbocycles. The predicted molar refractivity (Wildman–Crippen MR) is 99.6 cm³/mol. The number of carbonyl (C=O) groups is 1. The molecule has 1 atom stereocenters. The summed E-state index contributed by atoms with van der Waals surface area (Å²) in [6, 6.07) is 18.6. The Morgan fingerprint density at radius 1 is 1.04 bits per heavy atom. The van der Waals surface area contributed by atoms with Gasteiger partial charge >= 0.3 is 6.03 Å². The first kappa shape index (κ1) is 16.2. The van der Waals surface area contributed by atoms with Crippen LogP contribution >= 0.6 is 0 Å². The van der Waals surface area contributed by atoms with Gasteiger partial charge in [0.25, 0.3) is 0 Å². The van der Waals surface area contributed by atoms with Crippen LogP contribution in [0.15, 0.2) is 54.6 Å². The van der Waals surface area contributed by atoms with E-state index in [9.17, 15) is 4.79 Å². The maximum absolute atomic E-state index is 12.9. The highest BCUT2D eigenvalue weighted by molar-refractivity contribution is 5.94. The Bertz CT molecular complexity index is 722. The minimum absolute atomic E-state index is 0.0118. The van der Waals surface area contributed by atoms with E-state index in [2.05, 4.69) is 23.5 Å². The number of carbonyl (C=O) groups excluding carboxylic acids is 1. The van der Waals surface area contributed by atoms with E-state index in [0.717, 1.165) is 55.8 Å². The fourth-order valence-electron chi connectivity index (χ4n) is 3.44. The topological polar surface area (TPSA) is 41.6 Å². The molecule has 0 spiro atoms. The van der Waals surface area contributed by atoms with Crippen molar-refractivity contribution in [3.05, 3.63) is 54.6 Å². The van der Waals surface area contributed by atoms with Crippen LogP contribution in [0.4, 0.5) is 10.5 Å². The lowest BCUT2D eigenvalue weighted by molar-refractivity contribution is 0.167. The standard InChI is InChI=1S/C21H24N2O2/c24-21(23(18-10-11-18)14-16-12-13-25-15-16)22-20-9-5-4-8-19(20)17-6-2-1-3-7-17/h1-9,16,18H,10-15H2,(H,22,24)/t16-/m1/s1. The lowest BCUT2D eigenvalue weighted by Gasteiger charge is -2.26. The van der Waals surface area contributed by atoms with Gasteiger partial charge in [-0.25, -0.2) is 4.79 Å². The van der Waals surface area contributed by atoms with E-state index in [0.29, 0.717) is 12.0 Å². The highest BCUT2D eigenvalue weighted by Gasteiger charge is 2.35. The van der Waals surface area contributed by atoms with Crippen LogP contribution in [0.2, 0.25) is 0 Å². The highest BCUT2D eigenvalue weighted by atomic mass is 16.5. The average Bonchev–Trinajstić information content (AvgIpc) is 3.36. The Hall–Kier alpha value is -2.33. The molecule has 0 bridgehead atoms. The molecular formula is C21H24N2O2. The Morgan fingerprint density at radius 3 is 2.52 bits per heavy atom. The molecule has 2 aromatic rings. The zero-order chi connectivity index (χ0) is 17.1. The number of anilines is 1. The summed E-state index contributed by atoms with van der Waals surface area (Å²) >= 11 is 0. The van der Waals surface area contributed by atoms with Crippen LogP contribution in [-0.2, 0) is 4.74 Å². The molecule has 1 saturated heterocycles. The fourth-order valence-corrected chi connectivity index (χ4v) is 3.44. The van der Waals surface area contributed by atoms with E-state index in [1.165, 1.54) is 0 Å². The number of rotatable bonds is 5. The minimum atomic E-state index is 0.0118. The average molecular weight is 336 g/mol. The van der Waals surface area contributed by atoms with E-state index in [-0.39, 0.29) is 6.03 Å². The number of nitrogens with zero attached hydrogens (tertiary/aromatic N) is 1. The Morgan fingerprint density at radius 2 is 1.80 bits per heavy atom. The number of benzene rings is 2. The number of para-hydroxylation sites is 1. The normalized spacial score (nSPS) is 19.6. The molecule has 2 aromatic carbocycles. The summed E-state index contributed by atoms with van der Waals surface area (Å²) in [5, 5.41) is 3.15. The Labute approximate surface area is 148 Å². The number of hydrogen-bond acceptors (Lipinski definition) is 2. The van der Waals surface area contributed by atoms with Gasteiger partial charge in [0.05, 0.1) is 12.3 Å². The van der Waals surface area contributed by atoms with Gasteiger partial charge in [-0.05, 0) is 30.9 Å². The van der Waals surface area contributed by atoms with Crippen LogP contribution < -0.4 is 5.32 Å². The van der Waals surface area contributed by atoms with E-state index < -0.39 is 0 Å². The molecule has 4 nitrogen and oxygen atoms in total. The van der Waals surface area contributed by atoms with Crippen LogP contribution in [0.1, 0.15) is 19.3 Å². The van der Waals surface area contributed by atoms with E-state index in [1.54, 1.807) is 0 Å². The molecule has 0 radical (unpaired) electrons. The van der Waals surface area contributed by atoms with Gasteiger partial charge in [0, 0.05) is 30.7 Å². The molecule has 4 rings (SSSR count). The second-order valence-electron chi connectivity index (χ2n) is 6.95. The summed E-state index contributed by atoms with van der Waals surface area (Å²) in [7, 11) is 0. The molecule has 2 fully saturated rings. The third kappa shape index (κ3) is 3.85. The van der Waals surface area contributed by atoms with Gasteiger partial charge in [0.1, 0.15) is 0 Å². The van der Waals surface area contributed by atoms with Gasteiger partial charge in [-0.1, -0.05) is 48.5 Å². The van der Waals surface area contributed by atoms with Crippen molar-refractivity contribution < 1.29 is 9.53 Å². The number of nitrogens with one attached hydrogen (secondary N) is 1. The predicted octanol–water partition coefficient (Wildman–Crippen LogP) is 4.39. The van der Waals surface area contributed by atoms with Gasteiger partial charge in [-0.2, -0.15) is 0 Å². The van der Waals surface area contributed by atoms with E-state index in [4.69, 9.17) is 4.74 Å². The van der Waals surface area contributed by atoms with Gasteiger partial charge in [0.15, 0.2) is 0 Å². The quantitative estimate of drug-likeness (QED) is 0.880. The smallest absolute Gasteiger partial charge is 0.322 e. The van der Waals surface area contributed by atoms with Crippen LogP contribution in [0.25, 0.3) is 11.1 Å². The zero-order valence-electron chi connectivity index (χ0n) is 14.4.